The van der Waals surface area contributed by atoms with Gasteiger partial charge in [0.05, 0.1) is 12.8 Å². The predicted octanol–water partition coefficient (Wildman–Crippen LogP) is 5.14. The number of ether oxygens (including phenoxy) is 2. The second-order valence-corrected chi connectivity index (χ2v) is 8.18. The van der Waals surface area contributed by atoms with Crippen molar-refractivity contribution in [3.05, 3.63) is 48.0 Å². The number of carbonyl (C=O) groups excluding carboxylic acids is 2. The van der Waals surface area contributed by atoms with Crippen molar-refractivity contribution in [2.24, 2.45) is 0 Å². The zero-order valence-electron chi connectivity index (χ0n) is 18.5. The van der Waals surface area contributed by atoms with Crippen LogP contribution < -0.4 is 20.1 Å². The molecule has 0 bridgehead atoms. The highest BCUT2D eigenvalue weighted by Crippen LogP contribution is 2.28. The average molecular weight is 413 g/mol. The number of anilines is 2. The number of nitrogens with one attached hydrogen (secondary N) is 2. The number of carbonyl (C=O) groups is 2. The summed E-state index contributed by atoms with van der Waals surface area (Å²) in [6.45, 7) is 8.37. The Labute approximate surface area is 179 Å². The number of hydrogen-bond acceptors (Lipinski definition) is 4. The van der Waals surface area contributed by atoms with Crippen LogP contribution >= 0.6 is 0 Å². The Morgan fingerprint density at radius 2 is 1.67 bits per heavy atom. The predicted molar refractivity (Wildman–Crippen MR) is 120 cm³/mol. The molecule has 0 heterocycles. The highest BCUT2D eigenvalue weighted by molar-refractivity contribution is 5.95. The fraction of sp³-hybridized carbons (Fsp3) is 0.417. The lowest BCUT2D eigenvalue weighted by Gasteiger charge is -2.19. The van der Waals surface area contributed by atoms with Gasteiger partial charge in [-0.15, -0.1) is 0 Å². The molecule has 0 saturated carbocycles. The van der Waals surface area contributed by atoms with Crippen LogP contribution in [-0.4, -0.2) is 25.5 Å². The van der Waals surface area contributed by atoms with E-state index in [2.05, 4.69) is 31.4 Å². The van der Waals surface area contributed by atoms with Crippen molar-refractivity contribution >= 4 is 23.2 Å². The van der Waals surface area contributed by atoms with Crippen LogP contribution in [0.1, 0.15) is 52.5 Å². The van der Waals surface area contributed by atoms with Gasteiger partial charge >= 0.3 is 0 Å². The fourth-order valence-corrected chi connectivity index (χ4v) is 2.82. The van der Waals surface area contributed by atoms with Crippen LogP contribution in [0.15, 0.2) is 42.5 Å². The lowest BCUT2D eigenvalue weighted by Crippen LogP contribution is -2.20. The molecular weight excluding hydrogens is 380 g/mol. The van der Waals surface area contributed by atoms with E-state index < -0.39 is 0 Å². The van der Waals surface area contributed by atoms with Crippen LogP contribution in [0.5, 0.6) is 11.5 Å². The number of benzene rings is 2. The molecule has 162 valence electrons. The van der Waals surface area contributed by atoms with Gasteiger partial charge in [0, 0.05) is 18.2 Å². The highest BCUT2D eigenvalue weighted by atomic mass is 16.5. The second kappa shape index (κ2) is 10.7. The Hall–Kier alpha value is -3.02. The van der Waals surface area contributed by atoms with E-state index in [1.807, 2.05) is 31.2 Å². The molecular formula is C24H32N2O4. The lowest BCUT2D eigenvalue weighted by atomic mass is 9.87. The molecule has 0 aliphatic carbocycles. The van der Waals surface area contributed by atoms with Gasteiger partial charge in [-0.05, 0) is 41.7 Å². The van der Waals surface area contributed by atoms with Crippen molar-refractivity contribution in [2.75, 3.05) is 24.4 Å². The van der Waals surface area contributed by atoms with Crippen molar-refractivity contribution in [3.63, 3.8) is 0 Å². The fourth-order valence-electron chi connectivity index (χ4n) is 2.82. The smallest absolute Gasteiger partial charge is 0.262 e. The molecule has 30 heavy (non-hydrogen) atoms. The van der Waals surface area contributed by atoms with Gasteiger partial charge in [-0.1, -0.05) is 46.2 Å². The van der Waals surface area contributed by atoms with Gasteiger partial charge in [0.15, 0.2) is 6.61 Å². The number of amides is 2. The quantitative estimate of drug-likeness (QED) is 0.598. The first-order valence-electron chi connectivity index (χ1n) is 10.2. The first kappa shape index (κ1) is 23.3. The van der Waals surface area contributed by atoms with E-state index in [-0.39, 0.29) is 23.8 Å². The standard InChI is InChI=1S/C24H32N2O4/c1-6-7-8-22(27)26-20-14-11-18(15-21(20)29-5)25-23(28)16-30-19-12-9-17(10-13-19)24(2,3)4/h9-15H,6-8,16H2,1-5H3,(H,25,28)(H,26,27). The van der Waals surface area contributed by atoms with Gasteiger partial charge in [-0.2, -0.15) is 0 Å². The summed E-state index contributed by atoms with van der Waals surface area (Å²) in [5, 5.41) is 5.62. The third-order valence-electron chi connectivity index (χ3n) is 4.61. The van der Waals surface area contributed by atoms with Crippen LogP contribution in [-0.2, 0) is 15.0 Å². The van der Waals surface area contributed by atoms with Crippen molar-refractivity contribution in [2.45, 2.75) is 52.4 Å². The normalized spacial score (nSPS) is 11.0. The average Bonchev–Trinajstić information content (AvgIpc) is 2.71. The Morgan fingerprint density at radius 1 is 0.967 bits per heavy atom. The van der Waals surface area contributed by atoms with Gasteiger partial charge < -0.3 is 20.1 Å². The third kappa shape index (κ3) is 7.10. The van der Waals surface area contributed by atoms with Gasteiger partial charge in [-0.25, -0.2) is 0 Å². The maximum Gasteiger partial charge on any atom is 0.262 e. The van der Waals surface area contributed by atoms with Crippen LogP contribution in [0.25, 0.3) is 0 Å². The Kier molecular flexibility index (Phi) is 8.27. The summed E-state index contributed by atoms with van der Waals surface area (Å²) in [6, 6.07) is 12.8. The van der Waals surface area contributed by atoms with E-state index in [9.17, 15) is 9.59 Å². The first-order valence-corrected chi connectivity index (χ1v) is 10.2. The molecule has 2 aromatic rings. The maximum absolute atomic E-state index is 12.2. The van der Waals surface area contributed by atoms with E-state index in [0.29, 0.717) is 29.3 Å². The number of rotatable bonds is 9. The second-order valence-electron chi connectivity index (χ2n) is 8.18. The summed E-state index contributed by atoms with van der Waals surface area (Å²) in [5.74, 6) is 0.784. The molecule has 6 nitrogen and oxygen atoms in total. The van der Waals surface area contributed by atoms with Gasteiger partial charge in [-0.3, -0.25) is 9.59 Å². The topological polar surface area (TPSA) is 76.7 Å². The molecule has 0 radical (unpaired) electrons. The van der Waals surface area contributed by atoms with E-state index in [0.717, 1.165) is 12.8 Å². The summed E-state index contributed by atoms with van der Waals surface area (Å²) in [7, 11) is 1.52. The molecule has 0 aliphatic rings. The van der Waals surface area contributed by atoms with E-state index in [1.165, 1.54) is 12.7 Å². The molecule has 0 spiro atoms. The Bertz CT molecular complexity index is 854. The summed E-state index contributed by atoms with van der Waals surface area (Å²) in [6.07, 6.45) is 2.26. The maximum atomic E-state index is 12.2. The van der Waals surface area contributed by atoms with Gasteiger partial charge in [0.1, 0.15) is 11.5 Å². The molecule has 2 N–H and O–H groups in total. The van der Waals surface area contributed by atoms with Gasteiger partial charge in [0.25, 0.3) is 5.91 Å². The van der Waals surface area contributed by atoms with E-state index in [1.54, 1.807) is 18.2 Å². The van der Waals surface area contributed by atoms with E-state index in [4.69, 9.17) is 9.47 Å². The minimum absolute atomic E-state index is 0.0576. The molecule has 0 aromatic heterocycles. The van der Waals surface area contributed by atoms with Gasteiger partial charge in [0.2, 0.25) is 5.91 Å². The monoisotopic (exact) mass is 412 g/mol. The minimum Gasteiger partial charge on any atom is -0.494 e. The van der Waals surface area contributed by atoms with Crippen LogP contribution in [0, 0.1) is 0 Å². The molecule has 0 atom stereocenters. The zero-order valence-corrected chi connectivity index (χ0v) is 18.5. The summed E-state index contributed by atoms with van der Waals surface area (Å²) in [4.78, 5) is 24.2. The van der Waals surface area contributed by atoms with Crippen LogP contribution in [0.2, 0.25) is 0 Å². The number of hydrogen-bond donors (Lipinski definition) is 2. The Morgan fingerprint density at radius 3 is 2.27 bits per heavy atom. The van der Waals surface area contributed by atoms with E-state index >= 15 is 0 Å². The molecule has 0 saturated heterocycles. The SMILES string of the molecule is CCCCC(=O)Nc1ccc(NC(=O)COc2ccc(C(C)(C)C)cc2)cc1OC. The summed E-state index contributed by atoms with van der Waals surface area (Å²) >= 11 is 0. The van der Waals surface area contributed by atoms with Crippen molar-refractivity contribution in [3.8, 4) is 11.5 Å². The molecule has 0 unspecified atom stereocenters. The largest absolute Gasteiger partial charge is 0.494 e. The zero-order chi connectivity index (χ0) is 22.1. The van der Waals surface area contributed by atoms with Crippen molar-refractivity contribution in [1.82, 2.24) is 0 Å². The molecule has 0 fully saturated rings. The number of unbranched alkanes of at least 4 members (excludes halogenated alkanes) is 1. The molecule has 0 aliphatic heterocycles. The van der Waals surface area contributed by atoms with Crippen molar-refractivity contribution in [1.29, 1.82) is 0 Å². The lowest BCUT2D eigenvalue weighted by molar-refractivity contribution is -0.118. The highest BCUT2D eigenvalue weighted by Gasteiger charge is 2.14. The molecule has 2 amide bonds. The van der Waals surface area contributed by atoms with Crippen LogP contribution in [0.3, 0.4) is 0 Å². The molecule has 6 heteroatoms. The molecule has 2 rings (SSSR count). The minimum atomic E-state index is -0.281. The summed E-state index contributed by atoms with van der Waals surface area (Å²) < 4.78 is 10.9. The number of methoxy groups -OCH3 is 1. The summed E-state index contributed by atoms with van der Waals surface area (Å²) in [5.41, 5.74) is 2.41. The van der Waals surface area contributed by atoms with Crippen molar-refractivity contribution < 1.29 is 19.1 Å². The van der Waals surface area contributed by atoms with Crippen LogP contribution in [0.4, 0.5) is 11.4 Å². The third-order valence-corrected chi connectivity index (χ3v) is 4.61. The Balaban J connectivity index is 1.92. The first-order chi connectivity index (χ1) is 14.2. The molecule has 2 aromatic carbocycles.